The minimum atomic E-state index is -0.252. The maximum Gasteiger partial charge on any atom is 0.260 e. The van der Waals surface area contributed by atoms with Gasteiger partial charge in [-0.3, -0.25) is 4.79 Å². The third-order valence-corrected chi connectivity index (χ3v) is 5.30. The molecule has 0 spiro atoms. The number of unbranched alkanes of at least 4 members (excludes halogenated alkanes) is 1. The van der Waals surface area contributed by atoms with E-state index in [4.69, 9.17) is 4.74 Å². The van der Waals surface area contributed by atoms with Crippen LogP contribution in [0.3, 0.4) is 0 Å². The predicted octanol–water partition coefficient (Wildman–Crippen LogP) is 4.68. The first-order valence-electron chi connectivity index (χ1n) is 10.4. The Morgan fingerprint density at radius 1 is 0.935 bits per heavy atom. The number of benzene rings is 2. The lowest BCUT2D eigenvalue weighted by Gasteiger charge is -2.16. The van der Waals surface area contributed by atoms with Crippen molar-refractivity contribution >= 4 is 0 Å². The number of rotatable bonds is 7. The molecule has 4 aromatic rings. The van der Waals surface area contributed by atoms with Crippen molar-refractivity contribution in [3.63, 3.8) is 0 Å². The maximum atomic E-state index is 13.2. The predicted molar refractivity (Wildman–Crippen MR) is 121 cm³/mol. The van der Waals surface area contributed by atoms with Gasteiger partial charge in [0.15, 0.2) is 5.82 Å². The Morgan fingerprint density at radius 2 is 1.65 bits per heavy atom. The zero-order valence-electron chi connectivity index (χ0n) is 17.9. The van der Waals surface area contributed by atoms with E-state index in [-0.39, 0.29) is 5.56 Å². The zero-order chi connectivity index (χ0) is 21.8. The van der Waals surface area contributed by atoms with E-state index in [1.165, 1.54) is 0 Å². The number of aromatic nitrogens is 5. The minimum Gasteiger partial charge on any atom is -0.494 e. The summed E-state index contributed by atoms with van der Waals surface area (Å²) in [6.07, 6.45) is 2.11. The molecule has 0 aliphatic rings. The van der Waals surface area contributed by atoms with Gasteiger partial charge in [0.2, 0.25) is 0 Å². The van der Waals surface area contributed by atoms with Crippen LogP contribution >= 0.6 is 0 Å². The van der Waals surface area contributed by atoms with E-state index in [0.29, 0.717) is 18.0 Å². The van der Waals surface area contributed by atoms with Crippen LogP contribution in [0.2, 0.25) is 0 Å². The number of hydrogen-bond donors (Lipinski definition) is 2. The molecule has 7 nitrogen and oxygen atoms in total. The number of H-pyrrole nitrogens is 2. The third-order valence-electron chi connectivity index (χ3n) is 5.30. The molecule has 0 saturated heterocycles. The van der Waals surface area contributed by atoms with Gasteiger partial charge in [0.25, 0.3) is 5.56 Å². The van der Waals surface area contributed by atoms with E-state index in [1.54, 1.807) is 0 Å². The molecule has 0 atom stereocenters. The van der Waals surface area contributed by atoms with Gasteiger partial charge in [0.1, 0.15) is 5.75 Å². The molecule has 158 valence electrons. The standard InChI is InChI=1S/C24H25N5O2/c1-4-5-14-31-19-12-10-18(11-13-19)22-16(3)20(17-8-6-15(2)7-9-17)21(24(30)25-22)23-26-28-29-27-23/h6-13H,4-5,14H2,1-3H3,(H,25,30)(H,26,27,28,29). The summed E-state index contributed by atoms with van der Waals surface area (Å²) < 4.78 is 5.77. The first-order chi connectivity index (χ1) is 15.1. The fourth-order valence-corrected chi connectivity index (χ4v) is 3.61. The minimum absolute atomic E-state index is 0.252. The van der Waals surface area contributed by atoms with E-state index in [9.17, 15) is 4.79 Å². The Morgan fingerprint density at radius 3 is 2.29 bits per heavy atom. The zero-order valence-corrected chi connectivity index (χ0v) is 17.9. The smallest absolute Gasteiger partial charge is 0.260 e. The summed E-state index contributed by atoms with van der Waals surface area (Å²) in [4.78, 5) is 16.2. The van der Waals surface area contributed by atoms with Crippen molar-refractivity contribution in [2.75, 3.05) is 6.61 Å². The molecule has 2 aromatic heterocycles. The summed E-state index contributed by atoms with van der Waals surface area (Å²) in [5.41, 5.74) is 5.67. The Hall–Kier alpha value is -3.74. The van der Waals surface area contributed by atoms with E-state index < -0.39 is 0 Å². The molecule has 0 radical (unpaired) electrons. The highest BCUT2D eigenvalue weighted by atomic mass is 16.5. The fourth-order valence-electron chi connectivity index (χ4n) is 3.61. The lowest BCUT2D eigenvalue weighted by atomic mass is 9.92. The molecule has 7 heteroatoms. The highest BCUT2D eigenvalue weighted by Gasteiger charge is 2.21. The van der Waals surface area contributed by atoms with Gasteiger partial charge in [0.05, 0.1) is 17.9 Å². The average molecular weight is 415 g/mol. The van der Waals surface area contributed by atoms with Crippen molar-refractivity contribution in [1.29, 1.82) is 0 Å². The summed E-state index contributed by atoms with van der Waals surface area (Å²) in [5, 5.41) is 14.0. The fraction of sp³-hybridized carbons (Fsp3) is 0.250. The van der Waals surface area contributed by atoms with Crippen LogP contribution in [0, 0.1) is 13.8 Å². The van der Waals surface area contributed by atoms with Crippen molar-refractivity contribution in [2.24, 2.45) is 0 Å². The van der Waals surface area contributed by atoms with E-state index in [0.717, 1.165) is 52.1 Å². The quantitative estimate of drug-likeness (QED) is 0.427. The average Bonchev–Trinajstić information content (AvgIpc) is 3.31. The van der Waals surface area contributed by atoms with Crippen molar-refractivity contribution in [2.45, 2.75) is 33.6 Å². The molecule has 31 heavy (non-hydrogen) atoms. The molecule has 0 aliphatic heterocycles. The molecule has 2 N–H and O–H groups in total. The van der Waals surface area contributed by atoms with Gasteiger partial charge >= 0.3 is 0 Å². The summed E-state index contributed by atoms with van der Waals surface area (Å²) in [5.74, 6) is 1.16. The number of aryl methyl sites for hydroxylation is 1. The van der Waals surface area contributed by atoms with Crippen LogP contribution in [-0.4, -0.2) is 32.2 Å². The highest BCUT2D eigenvalue weighted by Crippen LogP contribution is 2.35. The molecule has 0 aliphatic carbocycles. The molecule has 0 saturated carbocycles. The highest BCUT2D eigenvalue weighted by molar-refractivity contribution is 5.86. The van der Waals surface area contributed by atoms with E-state index in [1.807, 2.05) is 62.4 Å². The van der Waals surface area contributed by atoms with Gasteiger partial charge < -0.3 is 9.72 Å². The van der Waals surface area contributed by atoms with Crippen LogP contribution in [0.1, 0.15) is 30.9 Å². The van der Waals surface area contributed by atoms with Crippen LogP contribution in [0.5, 0.6) is 5.75 Å². The van der Waals surface area contributed by atoms with E-state index in [2.05, 4.69) is 32.5 Å². The molecule has 4 rings (SSSR count). The summed E-state index contributed by atoms with van der Waals surface area (Å²) in [6, 6.07) is 15.9. The van der Waals surface area contributed by atoms with Gasteiger partial charge in [-0.15, -0.1) is 5.10 Å². The number of nitrogens with zero attached hydrogens (tertiary/aromatic N) is 3. The second-order valence-corrected chi connectivity index (χ2v) is 7.55. The SMILES string of the molecule is CCCCOc1ccc(-c2[nH]c(=O)c(-c3nnn[nH]3)c(-c3ccc(C)cc3)c2C)cc1. The Kier molecular flexibility index (Phi) is 5.93. The van der Waals surface area contributed by atoms with Crippen molar-refractivity contribution in [3.05, 3.63) is 70.0 Å². The molecular weight excluding hydrogens is 390 g/mol. The lowest BCUT2D eigenvalue weighted by molar-refractivity contribution is 0.309. The lowest BCUT2D eigenvalue weighted by Crippen LogP contribution is -2.15. The van der Waals surface area contributed by atoms with Crippen LogP contribution in [0.25, 0.3) is 33.8 Å². The Bertz CT molecular complexity index is 1210. The normalized spacial score (nSPS) is 10.9. The molecule has 0 fully saturated rings. The van der Waals surface area contributed by atoms with Crippen molar-refractivity contribution in [1.82, 2.24) is 25.6 Å². The number of tetrazole rings is 1. The van der Waals surface area contributed by atoms with Gasteiger partial charge in [-0.25, -0.2) is 5.10 Å². The molecule has 2 aromatic carbocycles. The molecular formula is C24H25N5O2. The molecule has 0 bridgehead atoms. The molecule has 2 heterocycles. The second-order valence-electron chi connectivity index (χ2n) is 7.55. The van der Waals surface area contributed by atoms with Crippen molar-refractivity contribution < 1.29 is 4.74 Å². The summed E-state index contributed by atoms with van der Waals surface area (Å²) in [7, 11) is 0. The second kappa shape index (κ2) is 8.95. The molecule has 0 amide bonds. The van der Waals surface area contributed by atoms with Crippen molar-refractivity contribution in [3.8, 4) is 39.5 Å². The van der Waals surface area contributed by atoms with Crippen LogP contribution in [-0.2, 0) is 0 Å². The maximum absolute atomic E-state index is 13.2. The van der Waals surface area contributed by atoms with Crippen LogP contribution < -0.4 is 10.3 Å². The van der Waals surface area contributed by atoms with Gasteiger partial charge in [0, 0.05) is 5.56 Å². The molecule has 0 unspecified atom stereocenters. The first-order valence-corrected chi connectivity index (χ1v) is 10.4. The van der Waals surface area contributed by atoms with E-state index >= 15 is 0 Å². The number of pyridine rings is 1. The van der Waals surface area contributed by atoms with Gasteiger partial charge in [-0.1, -0.05) is 43.2 Å². The monoisotopic (exact) mass is 415 g/mol. The first kappa shape index (κ1) is 20.5. The Labute approximate surface area is 180 Å². The number of ether oxygens (including phenoxy) is 1. The van der Waals surface area contributed by atoms with Crippen LogP contribution in [0.4, 0.5) is 0 Å². The van der Waals surface area contributed by atoms with Gasteiger partial charge in [-0.05, 0) is 71.7 Å². The number of hydrogen-bond acceptors (Lipinski definition) is 5. The van der Waals surface area contributed by atoms with Gasteiger partial charge in [-0.2, -0.15) is 0 Å². The topological polar surface area (TPSA) is 96.6 Å². The number of nitrogens with one attached hydrogen (secondary N) is 2. The van der Waals surface area contributed by atoms with Crippen LogP contribution in [0.15, 0.2) is 53.3 Å². The summed E-state index contributed by atoms with van der Waals surface area (Å²) in [6.45, 7) is 6.86. The summed E-state index contributed by atoms with van der Waals surface area (Å²) >= 11 is 0. The number of aromatic amines is 2. The Balaban J connectivity index is 1.84. The largest absolute Gasteiger partial charge is 0.494 e. The third kappa shape index (κ3) is 4.26.